The van der Waals surface area contributed by atoms with Gasteiger partial charge in [-0.05, 0) is 25.7 Å². The number of rotatable bonds is 18. The Balaban J connectivity index is 4.83. The highest BCUT2D eigenvalue weighted by atomic mass is 31.1. The van der Waals surface area contributed by atoms with E-state index in [4.69, 9.17) is 23.7 Å². The molecule has 0 heterocycles. The third kappa shape index (κ3) is 9.31. The molecule has 0 aliphatic heterocycles. The molecule has 0 aromatic rings. The molecule has 8 heteroatoms. The van der Waals surface area contributed by atoms with Crippen LogP contribution < -0.4 is 0 Å². The maximum absolute atomic E-state index is 5.98. The minimum Gasteiger partial charge on any atom is -0.363 e. The van der Waals surface area contributed by atoms with Gasteiger partial charge in [-0.3, -0.25) is 4.90 Å². The van der Waals surface area contributed by atoms with Crippen molar-refractivity contribution >= 4 is 17.2 Å². The van der Waals surface area contributed by atoms with E-state index in [1.807, 2.05) is 0 Å². The molecule has 0 rings (SSSR count). The molecule has 0 spiro atoms. The summed E-state index contributed by atoms with van der Waals surface area (Å²) in [4.78, 5) is 2.45. The van der Waals surface area contributed by atoms with Crippen molar-refractivity contribution < 1.29 is 23.7 Å². The Kier molecular flexibility index (Phi) is 15.8. The minimum atomic E-state index is -0.454. The molecule has 0 aromatic heterocycles. The van der Waals surface area contributed by atoms with Gasteiger partial charge in [0.1, 0.15) is 6.23 Å². The Morgan fingerprint density at radius 1 is 0.741 bits per heavy atom. The first-order valence-corrected chi connectivity index (χ1v) is 12.4. The highest BCUT2D eigenvalue weighted by molar-refractivity contribution is 7.39. The molecule has 0 fully saturated rings. The van der Waals surface area contributed by atoms with Crippen LogP contribution in [-0.4, -0.2) is 82.6 Å². The van der Waals surface area contributed by atoms with Crippen molar-refractivity contribution in [2.75, 3.05) is 60.5 Å². The van der Waals surface area contributed by atoms with Gasteiger partial charge in [0.05, 0.1) is 0 Å². The van der Waals surface area contributed by atoms with Crippen LogP contribution >= 0.6 is 17.2 Å². The van der Waals surface area contributed by atoms with Gasteiger partial charge >= 0.3 is 0 Å². The fourth-order valence-electron chi connectivity index (χ4n) is 3.14. The van der Waals surface area contributed by atoms with E-state index < -0.39 is 11.1 Å². The van der Waals surface area contributed by atoms with E-state index in [9.17, 15) is 0 Å². The van der Waals surface area contributed by atoms with Gasteiger partial charge in [0.15, 0.2) is 11.1 Å². The van der Waals surface area contributed by atoms with E-state index >= 15 is 0 Å². The molecule has 27 heavy (non-hydrogen) atoms. The quantitative estimate of drug-likeness (QED) is 0.242. The molecular weight excluding hydrogens is 384 g/mol. The lowest BCUT2D eigenvalue weighted by molar-refractivity contribution is -0.138. The fourth-order valence-corrected chi connectivity index (χ4v) is 5.77. The molecule has 0 saturated heterocycles. The zero-order valence-corrected chi connectivity index (χ0v) is 20.7. The summed E-state index contributed by atoms with van der Waals surface area (Å²) >= 11 is 0. The minimum absolute atomic E-state index is 0.145. The van der Waals surface area contributed by atoms with Gasteiger partial charge in [0.2, 0.25) is 0 Å². The van der Waals surface area contributed by atoms with Gasteiger partial charge in [0.25, 0.3) is 0 Å². The standard InChI is InChI=1S/C19H43NO5P2/c1-9-17(25-12-4)20(13-15-26-18(10-2,21-5)22-6)14-16-27-19(11-3,23-7)24-8/h17,26-27H,9-16H2,1-8H3. The maximum Gasteiger partial charge on any atom is 0.182 e. The topological polar surface area (TPSA) is 49.4 Å². The van der Waals surface area contributed by atoms with Gasteiger partial charge in [-0.25, -0.2) is 0 Å². The van der Waals surface area contributed by atoms with E-state index in [1.165, 1.54) is 0 Å². The first-order chi connectivity index (χ1) is 13.0. The van der Waals surface area contributed by atoms with Crippen molar-refractivity contribution in [3.05, 3.63) is 0 Å². The Morgan fingerprint density at radius 2 is 1.15 bits per heavy atom. The Morgan fingerprint density at radius 3 is 1.41 bits per heavy atom. The molecule has 0 bridgehead atoms. The summed E-state index contributed by atoms with van der Waals surface area (Å²) in [5.41, 5.74) is -0.908. The van der Waals surface area contributed by atoms with Crippen molar-refractivity contribution in [3.8, 4) is 0 Å². The second-order valence-corrected chi connectivity index (χ2v) is 9.47. The smallest absolute Gasteiger partial charge is 0.182 e. The van der Waals surface area contributed by atoms with Gasteiger partial charge in [-0.1, -0.05) is 37.9 Å². The van der Waals surface area contributed by atoms with Crippen molar-refractivity contribution in [2.45, 2.75) is 64.2 Å². The molecule has 0 radical (unpaired) electrons. The number of methoxy groups -OCH3 is 4. The summed E-state index contributed by atoms with van der Waals surface area (Å²) in [7, 11) is 8.10. The average Bonchev–Trinajstić information content (AvgIpc) is 2.72. The van der Waals surface area contributed by atoms with Crippen LogP contribution in [0.2, 0.25) is 0 Å². The van der Waals surface area contributed by atoms with Crippen molar-refractivity contribution in [1.29, 1.82) is 0 Å². The van der Waals surface area contributed by atoms with Crippen LogP contribution in [0.15, 0.2) is 0 Å². The van der Waals surface area contributed by atoms with Gasteiger partial charge in [-0.15, -0.1) is 0 Å². The van der Waals surface area contributed by atoms with E-state index in [-0.39, 0.29) is 6.23 Å². The molecular formula is C19H43NO5P2. The molecule has 164 valence electrons. The van der Waals surface area contributed by atoms with Crippen LogP contribution in [0, 0.1) is 0 Å². The predicted molar refractivity (Wildman–Crippen MR) is 118 cm³/mol. The first-order valence-electron chi connectivity index (χ1n) is 10.0. The maximum atomic E-state index is 5.98. The lowest BCUT2D eigenvalue weighted by Crippen LogP contribution is -2.41. The zero-order valence-electron chi connectivity index (χ0n) is 18.7. The van der Waals surface area contributed by atoms with E-state index in [2.05, 4.69) is 32.6 Å². The molecule has 0 aromatic carbocycles. The van der Waals surface area contributed by atoms with E-state index in [1.54, 1.807) is 28.4 Å². The molecule has 0 aliphatic rings. The summed E-state index contributed by atoms with van der Waals surface area (Å²) < 4.78 is 28.5. The lowest BCUT2D eigenvalue weighted by Gasteiger charge is -2.35. The fraction of sp³-hybridized carbons (Fsp3) is 1.00. The Labute approximate surface area is 170 Å². The van der Waals surface area contributed by atoms with Crippen LogP contribution in [-0.2, 0) is 23.7 Å². The number of hydrogen-bond donors (Lipinski definition) is 0. The van der Waals surface area contributed by atoms with Crippen molar-refractivity contribution in [3.63, 3.8) is 0 Å². The van der Waals surface area contributed by atoms with Crippen LogP contribution in [0.4, 0.5) is 0 Å². The molecule has 0 amide bonds. The third-order valence-corrected chi connectivity index (χ3v) is 8.50. The Bertz CT molecular complexity index is 312. The monoisotopic (exact) mass is 427 g/mol. The highest BCUT2D eigenvalue weighted by Crippen LogP contribution is 2.38. The zero-order chi connectivity index (χ0) is 20.8. The predicted octanol–water partition coefficient (Wildman–Crippen LogP) is 4.13. The summed E-state index contributed by atoms with van der Waals surface area (Å²) in [6.45, 7) is 11.1. The largest absolute Gasteiger partial charge is 0.363 e. The van der Waals surface area contributed by atoms with Crippen molar-refractivity contribution in [1.82, 2.24) is 4.90 Å². The lowest BCUT2D eigenvalue weighted by atomic mass is 10.3. The van der Waals surface area contributed by atoms with Crippen molar-refractivity contribution in [2.24, 2.45) is 0 Å². The van der Waals surface area contributed by atoms with Gasteiger partial charge < -0.3 is 23.7 Å². The average molecular weight is 428 g/mol. The van der Waals surface area contributed by atoms with E-state index in [0.717, 1.165) is 51.3 Å². The van der Waals surface area contributed by atoms with Gasteiger partial charge in [0, 0.05) is 61.0 Å². The molecule has 0 N–H and O–H groups in total. The van der Waals surface area contributed by atoms with Crippen LogP contribution in [0.3, 0.4) is 0 Å². The van der Waals surface area contributed by atoms with Crippen LogP contribution in [0.5, 0.6) is 0 Å². The second-order valence-electron chi connectivity index (χ2n) is 6.24. The number of ether oxygens (including phenoxy) is 5. The highest BCUT2D eigenvalue weighted by Gasteiger charge is 2.29. The summed E-state index contributed by atoms with van der Waals surface area (Å²) in [6.07, 6.45) is 4.87. The number of nitrogens with zero attached hydrogens (tertiary/aromatic N) is 1. The Hall–Kier alpha value is 0.620. The van der Waals surface area contributed by atoms with Crippen LogP contribution in [0.1, 0.15) is 47.0 Å². The molecule has 0 aliphatic carbocycles. The van der Waals surface area contributed by atoms with E-state index in [0.29, 0.717) is 17.2 Å². The summed E-state index contributed by atoms with van der Waals surface area (Å²) in [5.74, 6) is 0. The number of hydrogen-bond acceptors (Lipinski definition) is 6. The second kappa shape index (κ2) is 15.5. The molecule has 6 nitrogen and oxygen atoms in total. The van der Waals surface area contributed by atoms with Gasteiger partial charge in [-0.2, -0.15) is 0 Å². The van der Waals surface area contributed by atoms with Crippen LogP contribution in [0.25, 0.3) is 0 Å². The SMILES string of the molecule is CCOC(CC)N(CCPC(CC)(OC)OC)CCPC(CC)(OC)OC. The summed E-state index contributed by atoms with van der Waals surface area (Å²) in [6, 6.07) is 0. The third-order valence-electron chi connectivity index (χ3n) is 4.95. The first kappa shape index (κ1) is 27.6. The molecule has 3 unspecified atom stereocenters. The molecule has 0 saturated carbocycles. The normalized spacial score (nSPS) is 15.0. The molecule has 3 atom stereocenters. The summed E-state index contributed by atoms with van der Waals surface area (Å²) in [5, 5.41) is 0.